The monoisotopic (exact) mass is 299 g/mol. The minimum absolute atomic E-state index is 0.0120. The van der Waals surface area contributed by atoms with E-state index in [4.69, 9.17) is 0 Å². The third kappa shape index (κ3) is 2.71. The van der Waals surface area contributed by atoms with E-state index in [0.29, 0.717) is 18.7 Å². The van der Waals surface area contributed by atoms with Gasteiger partial charge in [0.2, 0.25) is 0 Å². The van der Waals surface area contributed by atoms with Gasteiger partial charge in [0.1, 0.15) is 0 Å². The van der Waals surface area contributed by atoms with Crippen molar-refractivity contribution in [3.05, 3.63) is 39.6 Å². The predicted octanol–water partition coefficient (Wildman–Crippen LogP) is 3.00. The van der Waals surface area contributed by atoms with Gasteiger partial charge in [-0.05, 0) is 18.1 Å². The first-order valence-electron chi connectivity index (χ1n) is 6.40. The van der Waals surface area contributed by atoms with Crippen LogP contribution in [0.15, 0.2) is 18.2 Å². The van der Waals surface area contributed by atoms with Crippen LogP contribution in [-0.2, 0) is 13.0 Å². The number of nitro benzene ring substituents is 1. The Bertz CT molecular complexity index is 708. The quantitative estimate of drug-likeness (QED) is 0.685. The minimum Gasteiger partial charge on any atom is -0.357 e. The van der Waals surface area contributed by atoms with Crippen molar-refractivity contribution in [2.24, 2.45) is 0 Å². The van der Waals surface area contributed by atoms with Crippen LogP contribution >= 0.6 is 0 Å². The van der Waals surface area contributed by atoms with Crippen LogP contribution in [-0.4, -0.2) is 34.1 Å². The maximum absolute atomic E-state index is 12.4. The van der Waals surface area contributed by atoms with Crippen LogP contribution in [0.3, 0.4) is 0 Å². The highest BCUT2D eigenvalue weighted by Crippen LogP contribution is 2.31. The highest BCUT2D eigenvalue weighted by atomic mass is 19.4. The number of alkyl halides is 3. The Kier molecular flexibility index (Phi) is 3.12. The van der Waals surface area contributed by atoms with Gasteiger partial charge in [-0.3, -0.25) is 15.0 Å². The number of nitrogens with one attached hydrogen (secondary N) is 1. The van der Waals surface area contributed by atoms with Crippen LogP contribution in [0.25, 0.3) is 10.9 Å². The Balaban J connectivity index is 1.94. The SMILES string of the molecule is O=[N+]([O-])c1ccc2[nH]c3c(c2c1)CCN(CC(F)(F)F)C3. The third-order valence-corrected chi connectivity index (χ3v) is 3.65. The molecular weight excluding hydrogens is 287 g/mol. The van der Waals surface area contributed by atoms with Crippen LogP contribution in [0, 0.1) is 10.1 Å². The fourth-order valence-corrected chi connectivity index (χ4v) is 2.79. The second kappa shape index (κ2) is 4.73. The number of nitro groups is 1. The van der Waals surface area contributed by atoms with E-state index in [0.717, 1.165) is 16.5 Å². The lowest BCUT2D eigenvalue weighted by molar-refractivity contribution is -0.384. The number of H-pyrrole nitrogens is 1. The van der Waals surface area contributed by atoms with E-state index < -0.39 is 17.6 Å². The van der Waals surface area contributed by atoms with Crippen molar-refractivity contribution in [2.75, 3.05) is 13.1 Å². The summed E-state index contributed by atoms with van der Waals surface area (Å²) in [6.45, 7) is -0.471. The predicted molar refractivity (Wildman–Crippen MR) is 70.0 cm³/mol. The Morgan fingerprint density at radius 1 is 1.38 bits per heavy atom. The molecule has 0 spiro atoms. The first-order valence-corrected chi connectivity index (χ1v) is 6.40. The van der Waals surface area contributed by atoms with E-state index in [9.17, 15) is 23.3 Å². The molecular formula is C13H12F3N3O2. The Morgan fingerprint density at radius 2 is 2.14 bits per heavy atom. The highest BCUT2D eigenvalue weighted by Gasteiger charge is 2.33. The molecule has 0 fully saturated rings. The molecule has 0 aliphatic carbocycles. The number of nitrogens with zero attached hydrogens (tertiary/aromatic N) is 2. The number of rotatable bonds is 2. The number of hydrogen-bond acceptors (Lipinski definition) is 3. The van der Waals surface area contributed by atoms with E-state index >= 15 is 0 Å². The number of aromatic nitrogens is 1. The Hall–Kier alpha value is -2.09. The van der Waals surface area contributed by atoms with Gasteiger partial charge in [-0.1, -0.05) is 0 Å². The zero-order chi connectivity index (χ0) is 15.2. The summed E-state index contributed by atoms with van der Waals surface area (Å²) in [5.41, 5.74) is 2.30. The molecule has 8 heteroatoms. The van der Waals surface area contributed by atoms with E-state index in [1.807, 2.05) is 0 Å². The maximum Gasteiger partial charge on any atom is 0.401 e. The molecule has 1 aliphatic heterocycles. The molecule has 0 saturated heterocycles. The number of hydrogen-bond donors (Lipinski definition) is 1. The molecule has 1 N–H and O–H groups in total. The van der Waals surface area contributed by atoms with Crippen LogP contribution < -0.4 is 0 Å². The fourth-order valence-electron chi connectivity index (χ4n) is 2.79. The summed E-state index contributed by atoms with van der Waals surface area (Å²) in [4.78, 5) is 14.7. The summed E-state index contributed by atoms with van der Waals surface area (Å²) < 4.78 is 37.3. The fraction of sp³-hybridized carbons (Fsp3) is 0.385. The standard InChI is InChI=1S/C13H12F3N3O2/c14-13(15,16)7-18-4-3-9-10-5-8(19(20)21)1-2-11(10)17-12(9)6-18/h1-2,5,17H,3-4,6-7H2. The molecule has 0 saturated carbocycles. The van der Waals surface area contributed by atoms with Crippen molar-refractivity contribution in [2.45, 2.75) is 19.1 Å². The summed E-state index contributed by atoms with van der Waals surface area (Å²) in [7, 11) is 0. The van der Waals surface area contributed by atoms with Crippen LogP contribution in [0.2, 0.25) is 0 Å². The smallest absolute Gasteiger partial charge is 0.357 e. The average molecular weight is 299 g/mol. The molecule has 2 heterocycles. The summed E-state index contributed by atoms with van der Waals surface area (Å²) in [6, 6.07) is 4.46. The van der Waals surface area contributed by atoms with Crippen molar-refractivity contribution in [3.8, 4) is 0 Å². The molecule has 1 aromatic heterocycles. The van der Waals surface area contributed by atoms with Gasteiger partial charge in [0.05, 0.1) is 11.5 Å². The van der Waals surface area contributed by atoms with E-state index in [2.05, 4.69) is 4.98 Å². The first kappa shape index (κ1) is 13.9. The lowest BCUT2D eigenvalue weighted by atomic mass is 10.0. The minimum atomic E-state index is -4.22. The molecule has 3 rings (SSSR count). The normalized spacial score (nSPS) is 16.1. The molecule has 2 aromatic rings. The largest absolute Gasteiger partial charge is 0.401 e. The van der Waals surface area contributed by atoms with Crippen LogP contribution in [0.4, 0.5) is 18.9 Å². The molecule has 112 valence electrons. The summed E-state index contributed by atoms with van der Waals surface area (Å²) in [5.74, 6) is 0. The van der Waals surface area contributed by atoms with Crippen molar-refractivity contribution >= 4 is 16.6 Å². The van der Waals surface area contributed by atoms with Crippen LogP contribution in [0.1, 0.15) is 11.3 Å². The molecule has 0 bridgehead atoms. The molecule has 0 amide bonds. The van der Waals surface area contributed by atoms with Gasteiger partial charge in [-0.25, -0.2) is 0 Å². The number of benzene rings is 1. The van der Waals surface area contributed by atoms with Gasteiger partial charge < -0.3 is 4.98 Å². The van der Waals surface area contributed by atoms with Gasteiger partial charge in [0.15, 0.2) is 0 Å². The maximum atomic E-state index is 12.4. The topological polar surface area (TPSA) is 62.2 Å². The van der Waals surface area contributed by atoms with Gasteiger partial charge in [-0.2, -0.15) is 13.2 Å². The Labute approximate surface area is 117 Å². The molecule has 0 radical (unpaired) electrons. The first-order chi connectivity index (χ1) is 9.83. The third-order valence-electron chi connectivity index (χ3n) is 3.65. The lowest BCUT2D eigenvalue weighted by Crippen LogP contribution is -2.37. The molecule has 1 aliphatic rings. The molecule has 1 aromatic carbocycles. The Morgan fingerprint density at radius 3 is 2.81 bits per heavy atom. The molecule has 21 heavy (non-hydrogen) atoms. The number of aromatic amines is 1. The average Bonchev–Trinajstić information content (AvgIpc) is 2.73. The van der Waals surface area contributed by atoms with Crippen molar-refractivity contribution in [1.29, 1.82) is 0 Å². The van der Waals surface area contributed by atoms with Crippen molar-refractivity contribution in [3.63, 3.8) is 0 Å². The van der Waals surface area contributed by atoms with E-state index in [-0.39, 0.29) is 12.2 Å². The number of fused-ring (bicyclic) bond motifs is 3. The van der Waals surface area contributed by atoms with Gasteiger partial charge in [0.25, 0.3) is 5.69 Å². The van der Waals surface area contributed by atoms with E-state index in [1.54, 1.807) is 6.07 Å². The van der Waals surface area contributed by atoms with Crippen molar-refractivity contribution in [1.82, 2.24) is 9.88 Å². The molecule has 0 unspecified atom stereocenters. The summed E-state index contributed by atoms with van der Waals surface area (Å²) in [5, 5.41) is 11.5. The molecule has 0 atom stereocenters. The molecule has 5 nitrogen and oxygen atoms in total. The van der Waals surface area contributed by atoms with E-state index in [1.165, 1.54) is 17.0 Å². The summed E-state index contributed by atoms with van der Waals surface area (Å²) >= 11 is 0. The zero-order valence-corrected chi connectivity index (χ0v) is 10.9. The highest BCUT2D eigenvalue weighted by molar-refractivity contribution is 5.87. The number of halogens is 3. The van der Waals surface area contributed by atoms with Gasteiger partial charge >= 0.3 is 6.18 Å². The summed E-state index contributed by atoms with van der Waals surface area (Å²) in [6.07, 6.45) is -3.77. The lowest BCUT2D eigenvalue weighted by Gasteiger charge is -2.27. The van der Waals surface area contributed by atoms with Gasteiger partial charge in [-0.15, -0.1) is 0 Å². The van der Waals surface area contributed by atoms with Crippen molar-refractivity contribution < 1.29 is 18.1 Å². The van der Waals surface area contributed by atoms with Crippen LogP contribution in [0.5, 0.6) is 0 Å². The van der Waals surface area contributed by atoms with Gasteiger partial charge in [0, 0.05) is 41.8 Å². The second-order valence-corrected chi connectivity index (χ2v) is 5.14. The second-order valence-electron chi connectivity index (χ2n) is 5.14. The number of non-ortho nitro benzene ring substituents is 1. The zero-order valence-electron chi connectivity index (χ0n) is 10.9.